The molecule has 18 heavy (non-hydrogen) atoms. The van der Waals surface area contributed by atoms with Gasteiger partial charge in [0.1, 0.15) is 0 Å². The highest BCUT2D eigenvalue weighted by Gasteiger charge is 2.76. The molecule has 0 aromatic carbocycles. The van der Waals surface area contributed by atoms with Crippen LogP contribution in [-0.4, -0.2) is 12.4 Å². The van der Waals surface area contributed by atoms with E-state index in [4.69, 9.17) is 0 Å². The largest absolute Gasteiger partial charge is 0.395 e. The number of alkyl halides is 6. The van der Waals surface area contributed by atoms with Crippen LogP contribution in [0.4, 0.5) is 26.3 Å². The first kappa shape index (κ1) is 15.6. The molecular weight excluding hydrogens is 258 g/mol. The van der Waals surface area contributed by atoms with Gasteiger partial charge in [-0.15, -0.1) is 0 Å². The minimum Gasteiger partial charge on any atom is -0.171 e. The number of halogens is 6. The molecule has 6 heteroatoms. The van der Waals surface area contributed by atoms with Gasteiger partial charge in [0.2, 0.25) is 0 Å². The first-order valence-electron chi connectivity index (χ1n) is 5.85. The number of hydrogen-bond donors (Lipinski definition) is 0. The van der Waals surface area contributed by atoms with Crippen molar-refractivity contribution in [1.82, 2.24) is 0 Å². The molecule has 0 aromatic rings. The minimum atomic E-state index is -4.80. The van der Waals surface area contributed by atoms with Crippen LogP contribution in [0.1, 0.15) is 40.5 Å². The van der Waals surface area contributed by atoms with Crippen LogP contribution in [0.5, 0.6) is 0 Å². The standard InChI is InChI=1S/C12H18F6/c1-7(11(13,14)15)10(12(16,17)18)6-8(10)5-9(2,3)4/h7-8H,5-6H2,1-4H3/t7-,8?,10?/m0/s1. The van der Waals surface area contributed by atoms with Gasteiger partial charge in [0, 0.05) is 0 Å². The van der Waals surface area contributed by atoms with E-state index in [1.807, 2.05) is 0 Å². The topological polar surface area (TPSA) is 0 Å². The highest BCUT2D eigenvalue weighted by molar-refractivity contribution is 5.11. The molecule has 3 atom stereocenters. The van der Waals surface area contributed by atoms with Crippen molar-refractivity contribution in [2.75, 3.05) is 0 Å². The lowest BCUT2D eigenvalue weighted by atomic mass is 9.81. The van der Waals surface area contributed by atoms with Gasteiger partial charge in [0.25, 0.3) is 0 Å². The van der Waals surface area contributed by atoms with Gasteiger partial charge in [-0.1, -0.05) is 27.7 Å². The third-order valence-electron chi connectivity index (χ3n) is 3.80. The van der Waals surface area contributed by atoms with Crippen molar-refractivity contribution in [3.63, 3.8) is 0 Å². The Hall–Kier alpha value is -0.420. The molecule has 1 fully saturated rings. The lowest BCUT2D eigenvalue weighted by Gasteiger charge is -2.31. The van der Waals surface area contributed by atoms with Crippen molar-refractivity contribution in [3.05, 3.63) is 0 Å². The quantitative estimate of drug-likeness (QED) is 0.609. The molecule has 108 valence electrons. The Labute approximate surface area is 103 Å². The third-order valence-corrected chi connectivity index (χ3v) is 3.80. The molecule has 1 aliphatic carbocycles. The molecule has 0 spiro atoms. The molecule has 0 radical (unpaired) electrons. The van der Waals surface area contributed by atoms with Crippen LogP contribution in [0.2, 0.25) is 0 Å². The van der Waals surface area contributed by atoms with Gasteiger partial charge in [0.05, 0.1) is 11.3 Å². The smallest absolute Gasteiger partial charge is 0.171 e. The van der Waals surface area contributed by atoms with Crippen molar-refractivity contribution < 1.29 is 26.3 Å². The van der Waals surface area contributed by atoms with Crippen LogP contribution in [-0.2, 0) is 0 Å². The van der Waals surface area contributed by atoms with Crippen molar-refractivity contribution in [2.24, 2.45) is 22.7 Å². The summed E-state index contributed by atoms with van der Waals surface area (Å²) < 4.78 is 76.9. The predicted octanol–water partition coefficient (Wildman–Crippen LogP) is 5.19. The van der Waals surface area contributed by atoms with Crippen LogP contribution < -0.4 is 0 Å². The Morgan fingerprint density at radius 2 is 1.50 bits per heavy atom. The van der Waals surface area contributed by atoms with Gasteiger partial charge in [-0.25, -0.2) is 0 Å². The molecule has 1 rings (SSSR count). The lowest BCUT2D eigenvalue weighted by Crippen LogP contribution is -2.40. The fraction of sp³-hybridized carbons (Fsp3) is 1.00. The second-order valence-electron chi connectivity index (χ2n) is 6.47. The van der Waals surface area contributed by atoms with E-state index in [1.54, 1.807) is 20.8 Å². The molecule has 0 heterocycles. The molecule has 0 bridgehead atoms. The third kappa shape index (κ3) is 2.77. The average Bonchev–Trinajstić information content (AvgIpc) is 2.72. The van der Waals surface area contributed by atoms with Crippen LogP contribution in [0, 0.1) is 22.7 Å². The van der Waals surface area contributed by atoms with E-state index >= 15 is 0 Å². The molecule has 0 saturated heterocycles. The zero-order valence-electron chi connectivity index (χ0n) is 10.8. The lowest BCUT2D eigenvalue weighted by molar-refractivity contribution is -0.266. The molecule has 0 amide bonds. The summed E-state index contributed by atoms with van der Waals surface area (Å²) in [7, 11) is 0. The minimum absolute atomic E-state index is 0.160. The maximum Gasteiger partial charge on any atom is 0.395 e. The highest BCUT2D eigenvalue weighted by atomic mass is 19.4. The van der Waals surface area contributed by atoms with Crippen LogP contribution in [0.3, 0.4) is 0 Å². The van der Waals surface area contributed by atoms with Crippen molar-refractivity contribution in [1.29, 1.82) is 0 Å². The molecule has 0 N–H and O–H groups in total. The Morgan fingerprint density at radius 3 is 1.78 bits per heavy atom. The summed E-state index contributed by atoms with van der Waals surface area (Å²) in [4.78, 5) is 0. The average molecular weight is 276 g/mol. The maximum atomic E-state index is 13.0. The van der Waals surface area contributed by atoms with Crippen molar-refractivity contribution in [3.8, 4) is 0 Å². The zero-order valence-corrected chi connectivity index (χ0v) is 10.8. The van der Waals surface area contributed by atoms with E-state index in [2.05, 4.69) is 0 Å². The van der Waals surface area contributed by atoms with Crippen LogP contribution in [0.15, 0.2) is 0 Å². The van der Waals surface area contributed by atoms with E-state index in [0.29, 0.717) is 6.92 Å². The Morgan fingerprint density at radius 1 is 1.06 bits per heavy atom. The summed E-state index contributed by atoms with van der Waals surface area (Å²) >= 11 is 0. The van der Waals surface area contributed by atoms with E-state index in [1.165, 1.54) is 0 Å². The molecule has 0 aromatic heterocycles. The summed E-state index contributed by atoms with van der Waals surface area (Å²) in [6.45, 7) is 5.87. The van der Waals surface area contributed by atoms with Gasteiger partial charge in [-0.2, -0.15) is 26.3 Å². The van der Waals surface area contributed by atoms with Gasteiger partial charge in [-0.3, -0.25) is 0 Å². The van der Waals surface area contributed by atoms with E-state index in [9.17, 15) is 26.3 Å². The Balaban J connectivity index is 2.98. The molecule has 1 saturated carbocycles. The van der Waals surface area contributed by atoms with E-state index in [0.717, 1.165) is 0 Å². The number of hydrogen-bond acceptors (Lipinski definition) is 0. The summed E-state index contributed by atoms with van der Waals surface area (Å²) in [6, 6.07) is 0. The summed E-state index contributed by atoms with van der Waals surface area (Å²) in [5, 5.41) is 0. The second-order valence-corrected chi connectivity index (χ2v) is 6.47. The SMILES string of the molecule is C[C@H](C(F)(F)F)C1(C(F)(F)F)CC1CC(C)(C)C. The summed E-state index contributed by atoms with van der Waals surface area (Å²) in [5.41, 5.74) is -2.97. The fourth-order valence-corrected chi connectivity index (χ4v) is 2.76. The summed E-state index contributed by atoms with van der Waals surface area (Å²) in [6.07, 6.45) is -9.85. The highest BCUT2D eigenvalue weighted by Crippen LogP contribution is 2.71. The van der Waals surface area contributed by atoms with E-state index < -0.39 is 41.4 Å². The van der Waals surface area contributed by atoms with Crippen LogP contribution in [0.25, 0.3) is 0 Å². The van der Waals surface area contributed by atoms with Gasteiger partial charge < -0.3 is 0 Å². The van der Waals surface area contributed by atoms with Crippen molar-refractivity contribution >= 4 is 0 Å². The maximum absolute atomic E-state index is 13.0. The van der Waals surface area contributed by atoms with Gasteiger partial charge in [0.15, 0.2) is 0 Å². The molecular formula is C12H18F6. The van der Waals surface area contributed by atoms with Gasteiger partial charge in [-0.05, 0) is 24.2 Å². The van der Waals surface area contributed by atoms with Gasteiger partial charge >= 0.3 is 12.4 Å². The molecule has 2 unspecified atom stereocenters. The normalized spacial score (nSPS) is 31.3. The summed E-state index contributed by atoms with van der Waals surface area (Å²) in [5.74, 6) is -3.26. The Kier molecular flexibility index (Phi) is 3.51. The van der Waals surface area contributed by atoms with Crippen LogP contribution >= 0.6 is 0 Å². The zero-order chi connectivity index (χ0) is 14.6. The van der Waals surface area contributed by atoms with Crippen molar-refractivity contribution in [2.45, 2.75) is 52.9 Å². The first-order valence-corrected chi connectivity index (χ1v) is 5.85. The molecule has 0 nitrogen and oxygen atoms in total. The monoisotopic (exact) mass is 276 g/mol. The first-order chi connectivity index (χ1) is 7.72. The molecule has 0 aliphatic heterocycles. The Bertz CT molecular complexity index is 308. The number of rotatable bonds is 2. The fourth-order valence-electron chi connectivity index (χ4n) is 2.76. The predicted molar refractivity (Wildman–Crippen MR) is 55.9 cm³/mol. The van der Waals surface area contributed by atoms with E-state index in [-0.39, 0.29) is 6.42 Å². The second kappa shape index (κ2) is 4.04. The molecule has 1 aliphatic rings.